The molecule has 0 bridgehead atoms. The molecule has 0 heterocycles. The molecule has 7 nitrogen and oxygen atoms in total. The molecule has 0 saturated heterocycles. The molecule has 5 atom stereocenters. The molecule has 5 unspecified atom stereocenters. The molecule has 0 aliphatic heterocycles. The second kappa shape index (κ2) is 14.7. The summed E-state index contributed by atoms with van der Waals surface area (Å²) in [5.74, 6) is 0. The van der Waals surface area contributed by atoms with Gasteiger partial charge in [0.15, 0.2) is 0 Å². The summed E-state index contributed by atoms with van der Waals surface area (Å²) in [6, 6.07) is 0. The van der Waals surface area contributed by atoms with Gasteiger partial charge in [-0.15, -0.1) is 0 Å². The molecular weight excluding hydrogens is 352 g/mol. The van der Waals surface area contributed by atoms with Crippen LogP contribution in [0.15, 0.2) is 0 Å². The van der Waals surface area contributed by atoms with Crippen LogP contribution in [-0.2, 0) is 0 Å². The lowest BCUT2D eigenvalue weighted by atomic mass is 9.80. The van der Waals surface area contributed by atoms with Crippen molar-refractivity contribution >= 4 is 0 Å². The Morgan fingerprint density at radius 2 is 0.926 bits per heavy atom. The van der Waals surface area contributed by atoms with Crippen molar-refractivity contribution in [1.29, 1.82) is 0 Å². The third kappa shape index (κ3) is 12.7. The van der Waals surface area contributed by atoms with Gasteiger partial charge in [0.25, 0.3) is 0 Å². The van der Waals surface area contributed by atoms with Crippen molar-refractivity contribution in [3.05, 3.63) is 0 Å². The molecule has 0 saturated carbocycles. The van der Waals surface area contributed by atoms with Crippen LogP contribution >= 0.6 is 0 Å². The number of aliphatic hydroxyl groups excluding tert-OH is 7. The minimum atomic E-state index is -0.701. The van der Waals surface area contributed by atoms with Crippen LogP contribution in [-0.4, -0.2) is 79.5 Å². The minimum absolute atomic E-state index is 0.186. The Hall–Kier alpha value is -0.280. The molecule has 7 heteroatoms. The van der Waals surface area contributed by atoms with E-state index in [9.17, 15) is 35.7 Å². The van der Waals surface area contributed by atoms with Crippen molar-refractivity contribution in [1.82, 2.24) is 0 Å². The molecule has 0 aliphatic rings. The van der Waals surface area contributed by atoms with Gasteiger partial charge in [0.05, 0.1) is 43.7 Å². The molecule has 0 spiro atoms. The van der Waals surface area contributed by atoms with Crippen molar-refractivity contribution in [3.63, 3.8) is 0 Å². The maximum absolute atomic E-state index is 10.1. The number of rotatable bonds is 17. The zero-order chi connectivity index (χ0) is 20.9. The fourth-order valence-corrected chi connectivity index (χ4v) is 3.17. The quantitative estimate of drug-likeness (QED) is 0.192. The highest BCUT2D eigenvalue weighted by atomic mass is 16.3. The van der Waals surface area contributed by atoms with Crippen LogP contribution in [0.4, 0.5) is 0 Å². The van der Waals surface area contributed by atoms with Gasteiger partial charge >= 0.3 is 0 Å². The van der Waals surface area contributed by atoms with Crippen LogP contribution in [0.5, 0.6) is 0 Å². The van der Waals surface area contributed by atoms with E-state index in [4.69, 9.17) is 0 Å². The summed E-state index contributed by atoms with van der Waals surface area (Å²) in [5.41, 5.74) is -0.685. The second-order valence-electron chi connectivity index (χ2n) is 8.15. The molecule has 7 N–H and O–H groups in total. The minimum Gasteiger partial charge on any atom is -0.396 e. The van der Waals surface area contributed by atoms with Crippen LogP contribution in [0.25, 0.3) is 0 Å². The molecule has 0 fully saturated rings. The Kier molecular flexibility index (Phi) is 14.5. The van der Waals surface area contributed by atoms with Crippen molar-refractivity contribution in [2.45, 2.75) is 109 Å². The average molecular weight is 395 g/mol. The zero-order valence-corrected chi connectivity index (χ0v) is 17.0. The van der Waals surface area contributed by atoms with E-state index in [0.717, 1.165) is 0 Å². The van der Waals surface area contributed by atoms with Gasteiger partial charge in [-0.2, -0.15) is 0 Å². The van der Waals surface area contributed by atoms with Gasteiger partial charge in [-0.1, -0.05) is 6.92 Å². The molecule has 0 aromatic carbocycles. The second-order valence-corrected chi connectivity index (χ2v) is 8.15. The highest BCUT2D eigenvalue weighted by molar-refractivity contribution is 4.80. The molecule has 164 valence electrons. The summed E-state index contributed by atoms with van der Waals surface area (Å²) in [5, 5.41) is 67.9. The van der Waals surface area contributed by atoms with E-state index < -0.39 is 35.9 Å². The summed E-state index contributed by atoms with van der Waals surface area (Å²) < 4.78 is 0. The lowest BCUT2D eigenvalue weighted by molar-refractivity contribution is -0.00311. The first-order valence-corrected chi connectivity index (χ1v) is 10.3. The van der Waals surface area contributed by atoms with Gasteiger partial charge in [-0.3, -0.25) is 0 Å². The third-order valence-corrected chi connectivity index (χ3v) is 5.51. The van der Waals surface area contributed by atoms with Gasteiger partial charge < -0.3 is 35.7 Å². The number of hydrogen-bond donors (Lipinski definition) is 7. The first-order chi connectivity index (χ1) is 12.7. The largest absolute Gasteiger partial charge is 0.396 e. The predicted molar refractivity (Wildman–Crippen MR) is 104 cm³/mol. The van der Waals surface area contributed by atoms with Crippen LogP contribution in [0.1, 0.15) is 78.1 Å². The zero-order valence-electron chi connectivity index (χ0n) is 17.0. The summed E-state index contributed by atoms with van der Waals surface area (Å²) >= 11 is 0. The fourth-order valence-electron chi connectivity index (χ4n) is 3.17. The lowest BCUT2D eigenvalue weighted by Crippen LogP contribution is -2.33. The van der Waals surface area contributed by atoms with Gasteiger partial charge in [-0.05, 0) is 71.1 Å². The molecule has 0 radical (unpaired) electrons. The van der Waals surface area contributed by atoms with Gasteiger partial charge in [-0.25, -0.2) is 0 Å². The van der Waals surface area contributed by atoms with Crippen molar-refractivity contribution < 1.29 is 35.7 Å². The van der Waals surface area contributed by atoms with E-state index in [1.807, 2.05) is 6.92 Å². The number of aliphatic hydroxyl groups is 7. The Labute approximate surface area is 163 Å². The van der Waals surface area contributed by atoms with E-state index in [2.05, 4.69) is 0 Å². The predicted octanol–water partition coefficient (Wildman–Crippen LogP) is 0.703. The molecule has 0 aromatic heterocycles. The van der Waals surface area contributed by atoms with E-state index in [1.165, 1.54) is 0 Å². The van der Waals surface area contributed by atoms with Crippen LogP contribution in [0.3, 0.4) is 0 Å². The summed E-state index contributed by atoms with van der Waals surface area (Å²) in [6.45, 7) is 3.16. The third-order valence-electron chi connectivity index (χ3n) is 5.51. The first kappa shape index (κ1) is 26.7. The number of hydrogen-bond acceptors (Lipinski definition) is 7. The Bertz CT molecular complexity index is 339. The molecule has 0 aromatic rings. The Balaban J connectivity index is 3.96. The maximum atomic E-state index is 10.1. The maximum Gasteiger partial charge on any atom is 0.0548 e. The van der Waals surface area contributed by atoms with E-state index in [-0.39, 0.29) is 19.6 Å². The lowest BCUT2D eigenvalue weighted by Gasteiger charge is -2.30. The normalized spacial score (nSPS) is 18.1. The van der Waals surface area contributed by atoms with Crippen molar-refractivity contribution in [3.8, 4) is 0 Å². The van der Waals surface area contributed by atoms with Gasteiger partial charge in [0, 0.05) is 5.41 Å². The van der Waals surface area contributed by atoms with Gasteiger partial charge in [0.2, 0.25) is 0 Å². The van der Waals surface area contributed by atoms with Crippen LogP contribution in [0, 0.1) is 5.41 Å². The monoisotopic (exact) mass is 394 g/mol. The standard InChI is InChI=1S/C20H42O7/c1-3-20(13-21,14-22)12-19(27)11-10-18(26)9-8-17(25)7-6-16(24)5-4-15(2)23/h15-19,21-27H,3-14H2,1-2H3. The Morgan fingerprint density at radius 3 is 1.22 bits per heavy atom. The average Bonchev–Trinajstić information content (AvgIpc) is 2.65. The highest BCUT2D eigenvalue weighted by Crippen LogP contribution is 2.28. The molecule has 0 rings (SSSR count). The smallest absolute Gasteiger partial charge is 0.0548 e. The molecule has 0 aliphatic carbocycles. The van der Waals surface area contributed by atoms with E-state index in [0.29, 0.717) is 57.8 Å². The van der Waals surface area contributed by atoms with E-state index in [1.54, 1.807) is 6.92 Å². The fraction of sp³-hybridized carbons (Fsp3) is 1.00. The Morgan fingerprint density at radius 1 is 0.593 bits per heavy atom. The van der Waals surface area contributed by atoms with Crippen molar-refractivity contribution in [2.24, 2.45) is 5.41 Å². The van der Waals surface area contributed by atoms with Crippen molar-refractivity contribution in [2.75, 3.05) is 13.2 Å². The molecule has 0 amide bonds. The first-order valence-electron chi connectivity index (χ1n) is 10.3. The van der Waals surface area contributed by atoms with Crippen LogP contribution < -0.4 is 0 Å². The SMILES string of the molecule is CCC(CO)(CO)CC(O)CCC(O)CCC(O)CCC(O)CCC(C)O. The van der Waals surface area contributed by atoms with Gasteiger partial charge in [0.1, 0.15) is 0 Å². The molecular formula is C20H42O7. The topological polar surface area (TPSA) is 142 Å². The molecule has 27 heavy (non-hydrogen) atoms. The summed E-state index contributed by atoms with van der Waals surface area (Å²) in [7, 11) is 0. The highest BCUT2D eigenvalue weighted by Gasteiger charge is 2.29. The van der Waals surface area contributed by atoms with Crippen LogP contribution in [0.2, 0.25) is 0 Å². The van der Waals surface area contributed by atoms with E-state index >= 15 is 0 Å². The summed E-state index contributed by atoms with van der Waals surface area (Å²) in [6.07, 6.45) is 1.50. The summed E-state index contributed by atoms with van der Waals surface area (Å²) in [4.78, 5) is 0.